The highest BCUT2D eigenvalue weighted by atomic mass is 15.0. The molecule has 0 bridgehead atoms. The van der Waals surface area contributed by atoms with Gasteiger partial charge in [0, 0.05) is 13.2 Å². The number of hydrogen-bond donors (Lipinski definition) is 0. The van der Waals surface area contributed by atoms with E-state index >= 15 is 0 Å². The number of fused-ring (bicyclic) bond motifs is 1. The fourth-order valence-corrected chi connectivity index (χ4v) is 1.24. The van der Waals surface area contributed by atoms with Crippen molar-refractivity contribution >= 4 is 11.2 Å². The number of rotatable bonds is 1. The van der Waals surface area contributed by atoms with Crippen molar-refractivity contribution in [3.05, 3.63) is 24.2 Å². The Morgan fingerprint density at radius 3 is 3.08 bits per heavy atom. The third-order valence-corrected chi connectivity index (χ3v) is 1.98. The molecule has 0 N–H and O–H groups in total. The molecule has 0 fully saturated rings. The molecule has 0 saturated carbocycles. The second-order valence-electron chi connectivity index (χ2n) is 2.85. The average Bonchev–Trinajstić information content (AvgIpc) is 2.47. The zero-order valence-electron chi connectivity index (χ0n) is 7.28. The molecule has 0 aliphatic carbocycles. The molecule has 0 amide bonds. The minimum atomic E-state index is 0.942. The highest BCUT2D eigenvalue weighted by molar-refractivity contribution is 5.70. The van der Waals surface area contributed by atoms with Crippen molar-refractivity contribution in [1.29, 1.82) is 0 Å². The molecule has 2 rings (SSSR count). The van der Waals surface area contributed by atoms with Gasteiger partial charge in [-0.15, -0.1) is 0 Å². The average molecular weight is 161 g/mol. The Morgan fingerprint density at radius 2 is 2.33 bits per heavy atom. The minimum absolute atomic E-state index is 0.942. The van der Waals surface area contributed by atoms with Crippen molar-refractivity contribution in [2.45, 2.75) is 13.3 Å². The highest BCUT2D eigenvalue weighted by Gasteiger charge is 2.00. The lowest BCUT2D eigenvalue weighted by atomic mass is 10.3. The van der Waals surface area contributed by atoms with Crippen LogP contribution in [0.3, 0.4) is 0 Å². The molecule has 3 nitrogen and oxygen atoms in total. The molecule has 2 aromatic rings. The van der Waals surface area contributed by atoms with Crippen LogP contribution in [0.2, 0.25) is 0 Å². The van der Waals surface area contributed by atoms with Gasteiger partial charge >= 0.3 is 0 Å². The van der Waals surface area contributed by atoms with E-state index < -0.39 is 0 Å². The monoisotopic (exact) mass is 161 g/mol. The summed E-state index contributed by atoms with van der Waals surface area (Å²) in [5.41, 5.74) is 2.98. The van der Waals surface area contributed by atoms with Gasteiger partial charge in [0.25, 0.3) is 0 Å². The first-order chi connectivity index (χ1) is 5.81. The van der Waals surface area contributed by atoms with Gasteiger partial charge in [-0.1, -0.05) is 6.92 Å². The maximum atomic E-state index is 4.43. The molecule has 0 aromatic carbocycles. The van der Waals surface area contributed by atoms with E-state index in [1.54, 1.807) is 0 Å². The Hall–Kier alpha value is -1.38. The van der Waals surface area contributed by atoms with Crippen LogP contribution in [0.25, 0.3) is 11.2 Å². The van der Waals surface area contributed by atoms with Crippen LogP contribution in [-0.2, 0) is 13.5 Å². The smallest absolute Gasteiger partial charge is 0.158 e. The molecule has 0 aliphatic heterocycles. The molecule has 2 aromatic heterocycles. The van der Waals surface area contributed by atoms with E-state index in [1.165, 1.54) is 0 Å². The van der Waals surface area contributed by atoms with Gasteiger partial charge in [0.2, 0.25) is 0 Å². The highest BCUT2D eigenvalue weighted by Crippen LogP contribution is 2.09. The van der Waals surface area contributed by atoms with E-state index in [9.17, 15) is 0 Å². The van der Waals surface area contributed by atoms with Crippen LogP contribution in [0.5, 0.6) is 0 Å². The SMILES string of the molecule is CCc1cnc2c(ccn2C)n1. The maximum absolute atomic E-state index is 4.43. The largest absolute Gasteiger partial charge is 0.334 e. The van der Waals surface area contributed by atoms with Gasteiger partial charge in [-0.25, -0.2) is 9.97 Å². The maximum Gasteiger partial charge on any atom is 0.158 e. The van der Waals surface area contributed by atoms with Crippen molar-refractivity contribution < 1.29 is 0 Å². The standard InChI is InChI=1S/C9H11N3/c1-3-7-6-10-9-8(11-7)4-5-12(9)2/h4-6H,3H2,1-2H3. The Labute approximate surface area is 71.1 Å². The van der Waals surface area contributed by atoms with Crippen molar-refractivity contribution in [3.8, 4) is 0 Å². The summed E-state index contributed by atoms with van der Waals surface area (Å²) in [5, 5.41) is 0. The first-order valence-corrected chi connectivity index (χ1v) is 4.08. The Morgan fingerprint density at radius 1 is 1.50 bits per heavy atom. The lowest BCUT2D eigenvalue weighted by molar-refractivity contribution is 0.937. The number of nitrogens with zero attached hydrogens (tertiary/aromatic N) is 3. The van der Waals surface area contributed by atoms with Crippen LogP contribution in [-0.4, -0.2) is 14.5 Å². The summed E-state index contributed by atoms with van der Waals surface area (Å²) in [6.07, 6.45) is 4.75. The third-order valence-electron chi connectivity index (χ3n) is 1.98. The second-order valence-corrected chi connectivity index (χ2v) is 2.85. The van der Waals surface area contributed by atoms with Gasteiger partial charge in [-0.2, -0.15) is 0 Å². The van der Waals surface area contributed by atoms with Crippen LogP contribution in [0.15, 0.2) is 18.5 Å². The first-order valence-electron chi connectivity index (χ1n) is 4.08. The molecule has 2 heterocycles. The van der Waals surface area contributed by atoms with E-state index in [0.717, 1.165) is 23.3 Å². The molecule has 0 spiro atoms. The van der Waals surface area contributed by atoms with Crippen LogP contribution in [0.1, 0.15) is 12.6 Å². The van der Waals surface area contributed by atoms with E-state index in [1.807, 2.05) is 30.1 Å². The molecule has 0 atom stereocenters. The van der Waals surface area contributed by atoms with E-state index in [2.05, 4.69) is 16.9 Å². The van der Waals surface area contributed by atoms with E-state index in [-0.39, 0.29) is 0 Å². The third kappa shape index (κ3) is 0.978. The van der Waals surface area contributed by atoms with Crippen molar-refractivity contribution in [2.24, 2.45) is 7.05 Å². The summed E-state index contributed by atoms with van der Waals surface area (Å²) in [5.74, 6) is 0. The fourth-order valence-electron chi connectivity index (χ4n) is 1.24. The zero-order valence-corrected chi connectivity index (χ0v) is 7.28. The van der Waals surface area contributed by atoms with Gasteiger partial charge in [0.05, 0.1) is 11.9 Å². The predicted octanol–water partition coefficient (Wildman–Crippen LogP) is 1.53. The summed E-state index contributed by atoms with van der Waals surface area (Å²) >= 11 is 0. The Balaban J connectivity index is 2.69. The summed E-state index contributed by atoms with van der Waals surface area (Å²) in [6, 6.07) is 1.99. The lowest BCUT2D eigenvalue weighted by Gasteiger charge is -1.96. The molecule has 0 radical (unpaired) electrons. The second kappa shape index (κ2) is 2.59. The van der Waals surface area contributed by atoms with Crippen molar-refractivity contribution in [3.63, 3.8) is 0 Å². The molecule has 0 unspecified atom stereocenters. The van der Waals surface area contributed by atoms with Gasteiger partial charge in [0.1, 0.15) is 5.52 Å². The molecule has 0 saturated heterocycles. The molecule has 3 heteroatoms. The van der Waals surface area contributed by atoms with E-state index in [0.29, 0.717) is 0 Å². The zero-order chi connectivity index (χ0) is 8.55. The van der Waals surface area contributed by atoms with Gasteiger partial charge in [-0.05, 0) is 12.5 Å². The molecule has 0 aliphatic rings. The van der Waals surface area contributed by atoms with Gasteiger partial charge < -0.3 is 4.57 Å². The normalized spacial score (nSPS) is 10.8. The number of hydrogen-bond acceptors (Lipinski definition) is 2. The minimum Gasteiger partial charge on any atom is -0.334 e. The van der Waals surface area contributed by atoms with Crippen LogP contribution in [0, 0.1) is 0 Å². The quantitative estimate of drug-likeness (QED) is 0.635. The Bertz CT molecular complexity index is 403. The van der Waals surface area contributed by atoms with Crippen molar-refractivity contribution in [1.82, 2.24) is 14.5 Å². The lowest BCUT2D eigenvalue weighted by Crippen LogP contribution is -1.92. The van der Waals surface area contributed by atoms with Gasteiger partial charge in [0.15, 0.2) is 5.65 Å². The molecule has 62 valence electrons. The van der Waals surface area contributed by atoms with Gasteiger partial charge in [-0.3, -0.25) is 0 Å². The number of aryl methyl sites for hydroxylation is 2. The predicted molar refractivity (Wildman–Crippen MR) is 47.9 cm³/mol. The summed E-state index contributed by atoms with van der Waals surface area (Å²) in [6.45, 7) is 2.08. The number of aromatic nitrogens is 3. The van der Waals surface area contributed by atoms with Crippen LogP contribution in [0.4, 0.5) is 0 Å². The van der Waals surface area contributed by atoms with Crippen LogP contribution >= 0.6 is 0 Å². The first kappa shape index (κ1) is 7.28. The van der Waals surface area contributed by atoms with Crippen LogP contribution < -0.4 is 0 Å². The fraction of sp³-hybridized carbons (Fsp3) is 0.333. The van der Waals surface area contributed by atoms with E-state index in [4.69, 9.17) is 0 Å². The topological polar surface area (TPSA) is 30.7 Å². The Kier molecular flexibility index (Phi) is 1.57. The summed E-state index contributed by atoms with van der Waals surface area (Å²) < 4.78 is 1.97. The summed E-state index contributed by atoms with van der Waals surface area (Å²) in [4.78, 5) is 8.74. The molecular formula is C9H11N3. The molecular weight excluding hydrogens is 150 g/mol. The summed E-state index contributed by atoms with van der Waals surface area (Å²) in [7, 11) is 1.97. The molecule has 12 heavy (non-hydrogen) atoms. The van der Waals surface area contributed by atoms with Crippen molar-refractivity contribution in [2.75, 3.05) is 0 Å².